The van der Waals surface area contributed by atoms with Gasteiger partial charge < -0.3 is 15.4 Å². The van der Waals surface area contributed by atoms with Gasteiger partial charge in [0.25, 0.3) is 0 Å². The first-order valence-corrected chi connectivity index (χ1v) is 11.5. The molecule has 3 rings (SSSR count). The molecule has 2 aromatic carbocycles. The molecule has 0 saturated carbocycles. The second kappa shape index (κ2) is 10.2. The summed E-state index contributed by atoms with van der Waals surface area (Å²) in [5, 5.41) is 6.28. The quantitative estimate of drug-likeness (QED) is 0.364. The zero-order valence-electron chi connectivity index (χ0n) is 17.2. The number of anilines is 1. The predicted octanol–water partition coefficient (Wildman–Crippen LogP) is 2.31. The van der Waals surface area contributed by atoms with E-state index in [2.05, 4.69) is 22.2 Å². The van der Waals surface area contributed by atoms with Gasteiger partial charge in [0.15, 0.2) is 5.96 Å². The molecule has 0 bridgehead atoms. The van der Waals surface area contributed by atoms with Crippen LogP contribution in [0, 0.1) is 0 Å². The van der Waals surface area contributed by atoms with Gasteiger partial charge in [-0.05, 0) is 24.1 Å². The fourth-order valence-electron chi connectivity index (χ4n) is 3.34. The number of benzene rings is 2. The van der Waals surface area contributed by atoms with Crippen molar-refractivity contribution in [3.05, 3.63) is 72.3 Å². The molecule has 1 aliphatic rings. The average molecular weight is 429 g/mol. The Morgan fingerprint density at radius 2 is 1.97 bits per heavy atom. The highest BCUT2D eigenvalue weighted by atomic mass is 32.2. The molecule has 0 atom stereocenters. The van der Waals surface area contributed by atoms with Crippen LogP contribution in [0.2, 0.25) is 0 Å². The van der Waals surface area contributed by atoms with Gasteiger partial charge in [-0.25, -0.2) is 8.42 Å². The first-order chi connectivity index (χ1) is 14.5. The molecule has 1 heterocycles. The molecule has 160 valence electrons. The zero-order valence-corrected chi connectivity index (χ0v) is 18.0. The van der Waals surface area contributed by atoms with Crippen LogP contribution in [-0.2, 0) is 23.0 Å². The van der Waals surface area contributed by atoms with Crippen LogP contribution in [0.4, 0.5) is 5.69 Å². The van der Waals surface area contributed by atoms with Crippen molar-refractivity contribution in [3.63, 3.8) is 0 Å². The van der Waals surface area contributed by atoms with E-state index < -0.39 is 10.0 Å². The van der Waals surface area contributed by atoms with Crippen LogP contribution in [0.3, 0.4) is 0 Å². The second-order valence-electron chi connectivity index (χ2n) is 6.83. The smallest absolute Gasteiger partial charge is 0.236 e. The minimum Gasteiger partial charge on any atom is -0.489 e. The molecule has 0 saturated heterocycles. The Hall–Kier alpha value is -3.00. The van der Waals surface area contributed by atoms with Gasteiger partial charge in [0.1, 0.15) is 12.4 Å². The molecule has 2 N–H and O–H groups in total. The third kappa shape index (κ3) is 5.33. The Kier molecular flexibility index (Phi) is 7.35. The van der Waals surface area contributed by atoms with Crippen molar-refractivity contribution in [3.8, 4) is 5.75 Å². The fourth-order valence-corrected chi connectivity index (χ4v) is 4.77. The van der Waals surface area contributed by atoms with Crippen molar-refractivity contribution in [2.75, 3.05) is 36.8 Å². The summed E-state index contributed by atoms with van der Waals surface area (Å²) in [7, 11) is -1.75. The summed E-state index contributed by atoms with van der Waals surface area (Å²) < 4.78 is 32.7. The number of guanidine groups is 1. The van der Waals surface area contributed by atoms with Gasteiger partial charge >= 0.3 is 0 Å². The molecule has 0 spiro atoms. The summed E-state index contributed by atoms with van der Waals surface area (Å²) in [6.45, 7) is 5.35. The lowest BCUT2D eigenvalue weighted by Gasteiger charge is -2.20. The van der Waals surface area contributed by atoms with Crippen LogP contribution in [0.5, 0.6) is 5.75 Å². The number of hydrogen-bond donors (Lipinski definition) is 2. The van der Waals surface area contributed by atoms with Crippen LogP contribution in [0.25, 0.3) is 0 Å². The maximum atomic E-state index is 12.8. The molecule has 0 unspecified atom stereocenters. The van der Waals surface area contributed by atoms with E-state index in [9.17, 15) is 8.42 Å². The highest BCUT2D eigenvalue weighted by Crippen LogP contribution is 2.29. The number of nitrogens with zero attached hydrogens (tertiary/aromatic N) is 2. The van der Waals surface area contributed by atoms with E-state index in [0.717, 1.165) is 29.0 Å². The number of rotatable bonds is 9. The van der Waals surface area contributed by atoms with E-state index in [1.54, 1.807) is 13.1 Å². The van der Waals surface area contributed by atoms with Crippen LogP contribution in [0.15, 0.2) is 66.2 Å². The average Bonchev–Trinajstić information content (AvgIpc) is 3.20. The summed E-state index contributed by atoms with van der Waals surface area (Å²) in [6, 6.07) is 15.4. The van der Waals surface area contributed by atoms with E-state index in [1.807, 2.05) is 48.5 Å². The lowest BCUT2D eigenvalue weighted by atomic mass is 10.2. The molecule has 0 aliphatic carbocycles. The Morgan fingerprint density at radius 3 is 2.77 bits per heavy atom. The summed E-state index contributed by atoms with van der Waals surface area (Å²) in [4.78, 5) is 4.18. The summed E-state index contributed by atoms with van der Waals surface area (Å²) >= 11 is 0. The minimum atomic E-state index is -3.40. The predicted molar refractivity (Wildman–Crippen MR) is 122 cm³/mol. The van der Waals surface area contributed by atoms with E-state index >= 15 is 0 Å². The van der Waals surface area contributed by atoms with Gasteiger partial charge in [0.2, 0.25) is 10.0 Å². The third-order valence-corrected chi connectivity index (χ3v) is 6.60. The first kappa shape index (κ1) is 21.7. The molecule has 8 heteroatoms. The number of nitrogens with one attached hydrogen (secondary N) is 2. The van der Waals surface area contributed by atoms with E-state index in [0.29, 0.717) is 25.7 Å². The number of para-hydroxylation sites is 2. The second-order valence-corrected chi connectivity index (χ2v) is 8.84. The van der Waals surface area contributed by atoms with Gasteiger partial charge in [-0.2, -0.15) is 0 Å². The maximum absolute atomic E-state index is 12.8. The van der Waals surface area contributed by atoms with Crippen molar-refractivity contribution < 1.29 is 13.2 Å². The SMILES string of the molecule is C=CCOc1ccccc1CNC(=NC)NCCS(=O)(=O)N1CCc2ccccc21. The topological polar surface area (TPSA) is 83.0 Å². The Bertz CT molecular complexity index is 1000. The highest BCUT2D eigenvalue weighted by molar-refractivity contribution is 7.92. The van der Waals surface area contributed by atoms with Gasteiger partial charge in [0, 0.05) is 32.2 Å². The zero-order chi connectivity index (χ0) is 21.4. The molecule has 0 amide bonds. The molecular formula is C22H28N4O3S. The molecule has 7 nitrogen and oxygen atoms in total. The van der Waals surface area contributed by atoms with Crippen molar-refractivity contribution in [1.82, 2.24) is 10.6 Å². The minimum absolute atomic E-state index is 0.0128. The summed E-state index contributed by atoms with van der Waals surface area (Å²) in [5.74, 6) is 1.29. The number of fused-ring (bicyclic) bond motifs is 1. The van der Waals surface area contributed by atoms with Gasteiger partial charge in [0.05, 0.1) is 11.4 Å². The Morgan fingerprint density at radius 1 is 1.20 bits per heavy atom. The molecule has 0 aromatic heterocycles. The normalized spacial score (nSPS) is 13.6. The molecular weight excluding hydrogens is 400 g/mol. The van der Waals surface area contributed by atoms with Crippen LogP contribution in [-0.4, -0.2) is 46.9 Å². The van der Waals surface area contributed by atoms with Crippen molar-refractivity contribution in [2.24, 2.45) is 4.99 Å². The molecule has 0 radical (unpaired) electrons. The molecule has 30 heavy (non-hydrogen) atoms. The molecule has 1 aliphatic heterocycles. The maximum Gasteiger partial charge on any atom is 0.236 e. The highest BCUT2D eigenvalue weighted by Gasteiger charge is 2.28. The summed E-state index contributed by atoms with van der Waals surface area (Å²) in [5.41, 5.74) is 2.84. The lowest BCUT2D eigenvalue weighted by Crippen LogP contribution is -2.41. The van der Waals surface area contributed by atoms with Gasteiger partial charge in [-0.15, -0.1) is 0 Å². The third-order valence-electron chi connectivity index (χ3n) is 4.83. The largest absolute Gasteiger partial charge is 0.489 e. The van der Waals surface area contributed by atoms with Gasteiger partial charge in [-0.3, -0.25) is 9.30 Å². The molecule has 0 fully saturated rings. The van der Waals surface area contributed by atoms with Crippen molar-refractivity contribution in [1.29, 1.82) is 0 Å². The van der Waals surface area contributed by atoms with Crippen LogP contribution < -0.4 is 19.7 Å². The fraction of sp³-hybridized carbons (Fsp3) is 0.318. The summed E-state index contributed by atoms with van der Waals surface area (Å²) in [6.07, 6.45) is 2.45. The van der Waals surface area contributed by atoms with Crippen LogP contribution >= 0.6 is 0 Å². The Labute approximate surface area is 178 Å². The van der Waals surface area contributed by atoms with Crippen molar-refractivity contribution in [2.45, 2.75) is 13.0 Å². The number of ether oxygens (including phenoxy) is 1. The molecule has 2 aromatic rings. The number of aliphatic imine (C=N–C) groups is 1. The van der Waals surface area contributed by atoms with Crippen molar-refractivity contribution >= 4 is 21.7 Å². The Balaban J connectivity index is 1.52. The number of hydrogen-bond acceptors (Lipinski definition) is 4. The first-order valence-electron chi connectivity index (χ1n) is 9.89. The van der Waals surface area contributed by atoms with Crippen LogP contribution in [0.1, 0.15) is 11.1 Å². The van der Waals surface area contributed by atoms with E-state index in [1.165, 1.54) is 4.31 Å². The standard InChI is InChI=1S/C22H28N4O3S/c1-3-15-29-21-11-7-5-9-19(21)17-25-22(23-2)24-13-16-30(27,28)26-14-12-18-8-4-6-10-20(18)26/h3-11H,1,12-17H2,2H3,(H2,23,24,25). The van der Waals surface area contributed by atoms with E-state index in [-0.39, 0.29) is 12.3 Å². The van der Waals surface area contributed by atoms with Gasteiger partial charge in [-0.1, -0.05) is 49.1 Å². The van der Waals surface area contributed by atoms with E-state index in [4.69, 9.17) is 4.74 Å². The number of sulfonamides is 1. The lowest BCUT2D eigenvalue weighted by molar-refractivity contribution is 0.358. The monoisotopic (exact) mass is 428 g/mol.